The van der Waals surface area contributed by atoms with Crippen molar-refractivity contribution in [3.63, 3.8) is 0 Å². The van der Waals surface area contributed by atoms with E-state index >= 15 is 0 Å². The van der Waals surface area contributed by atoms with Gasteiger partial charge in [-0.25, -0.2) is 0 Å². The summed E-state index contributed by atoms with van der Waals surface area (Å²) >= 11 is 0. The molecule has 0 N–H and O–H groups in total. The number of rotatable bonds is 4. The van der Waals surface area contributed by atoms with E-state index in [9.17, 15) is 0 Å². The van der Waals surface area contributed by atoms with Crippen molar-refractivity contribution in [1.29, 1.82) is 0 Å². The zero-order valence-electron chi connectivity index (χ0n) is 8.20. The van der Waals surface area contributed by atoms with Gasteiger partial charge in [-0.2, -0.15) is 0 Å². The van der Waals surface area contributed by atoms with Gasteiger partial charge in [0.15, 0.2) is 0 Å². The van der Waals surface area contributed by atoms with E-state index in [4.69, 9.17) is 0 Å². The minimum atomic E-state index is -0.795. The second kappa shape index (κ2) is 4.39. The monoisotopic (exact) mass is 160 g/mol. The molecule has 0 aliphatic rings. The van der Waals surface area contributed by atoms with Gasteiger partial charge in [0.25, 0.3) is 0 Å². The average Bonchev–Trinajstić information content (AvgIpc) is 1.92. The molecule has 1 unspecified atom stereocenters. The number of hydrogen-bond donors (Lipinski definition) is 0. The molecular formula is C8H22BP. The van der Waals surface area contributed by atoms with E-state index in [1.807, 2.05) is 0 Å². The van der Waals surface area contributed by atoms with Crippen LogP contribution in [0.1, 0.15) is 27.7 Å². The second-order valence-corrected chi connectivity index (χ2v) is 9.58. The third-order valence-corrected chi connectivity index (χ3v) is 10.0. The summed E-state index contributed by atoms with van der Waals surface area (Å²) < 4.78 is 0. The summed E-state index contributed by atoms with van der Waals surface area (Å²) in [6.07, 6.45) is 4.41. The van der Waals surface area contributed by atoms with Crippen molar-refractivity contribution in [2.24, 2.45) is 0 Å². The first-order valence-corrected chi connectivity index (χ1v) is 7.32. The fourth-order valence-corrected chi connectivity index (χ4v) is 5.92. The summed E-state index contributed by atoms with van der Waals surface area (Å²) in [6, 6.07) is 0. The molecule has 0 bridgehead atoms. The second-order valence-electron chi connectivity index (χ2n) is 3.58. The van der Waals surface area contributed by atoms with E-state index in [0.717, 1.165) is 5.56 Å². The molecule has 0 heterocycles. The van der Waals surface area contributed by atoms with Gasteiger partial charge in [-0.05, 0) is 0 Å². The van der Waals surface area contributed by atoms with Crippen molar-refractivity contribution < 1.29 is 0 Å². The fourth-order valence-electron chi connectivity index (χ4n) is 1.97. The van der Waals surface area contributed by atoms with Crippen molar-refractivity contribution in [1.82, 2.24) is 0 Å². The van der Waals surface area contributed by atoms with Crippen LogP contribution in [0.25, 0.3) is 0 Å². The van der Waals surface area contributed by atoms with Gasteiger partial charge in [0.05, 0.1) is 0 Å². The Bertz CT molecular complexity index is 79.0. The van der Waals surface area contributed by atoms with Crippen molar-refractivity contribution >= 4 is 15.1 Å². The van der Waals surface area contributed by atoms with Crippen molar-refractivity contribution in [2.75, 3.05) is 18.5 Å². The van der Waals surface area contributed by atoms with E-state index in [1.54, 1.807) is 0 Å². The van der Waals surface area contributed by atoms with Crippen LogP contribution in [0.15, 0.2) is 0 Å². The van der Waals surface area contributed by atoms with Crippen LogP contribution in [-0.4, -0.2) is 31.9 Å². The van der Waals surface area contributed by atoms with Crippen LogP contribution >= 0.6 is 7.26 Å². The summed E-state index contributed by atoms with van der Waals surface area (Å²) in [5.41, 5.74) is 0.979. The SMILES string of the molecule is BC(C)[PH](CC)(CC)CC. The van der Waals surface area contributed by atoms with Gasteiger partial charge in [-0.15, -0.1) is 0 Å². The van der Waals surface area contributed by atoms with E-state index in [1.165, 1.54) is 18.5 Å². The van der Waals surface area contributed by atoms with Crippen LogP contribution < -0.4 is 0 Å². The molecule has 0 nitrogen and oxygen atoms in total. The summed E-state index contributed by atoms with van der Waals surface area (Å²) in [6.45, 7) is 9.53. The Morgan fingerprint density at radius 1 is 1.10 bits per heavy atom. The van der Waals surface area contributed by atoms with E-state index in [0.29, 0.717) is 0 Å². The molecule has 2 heteroatoms. The van der Waals surface area contributed by atoms with Crippen molar-refractivity contribution in [3.8, 4) is 0 Å². The Labute approximate surface area is 67.5 Å². The molecule has 0 saturated carbocycles. The molecule has 0 amide bonds. The normalized spacial score (nSPS) is 16.8. The van der Waals surface area contributed by atoms with Gasteiger partial charge in [-0.1, -0.05) is 0 Å². The Balaban J connectivity index is 4.15. The Hall–Kier alpha value is 0.495. The third-order valence-electron chi connectivity index (χ3n) is 3.34. The molecule has 0 aliphatic heterocycles. The van der Waals surface area contributed by atoms with Gasteiger partial charge >= 0.3 is 66.8 Å². The van der Waals surface area contributed by atoms with Crippen LogP contribution in [0, 0.1) is 0 Å². The Kier molecular flexibility index (Phi) is 4.61. The zero-order chi connectivity index (χ0) is 8.20. The van der Waals surface area contributed by atoms with Gasteiger partial charge < -0.3 is 0 Å². The molecule has 0 fully saturated rings. The van der Waals surface area contributed by atoms with Gasteiger partial charge in [0.2, 0.25) is 0 Å². The molecule has 0 aliphatic carbocycles. The molecule has 0 saturated heterocycles. The van der Waals surface area contributed by atoms with Crippen LogP contribution in [0.5, 0.6) is 0 Å². The fraction of sp³-hybridized carbons (Fsp3) is 1.00. The van der Waals surface area contributed by atoms with E-state index < -0.39 is 7.26 Å². The zero-order valence-corrected chi connectivity index (χ0v) is 9.20. The maximum absolute atomic E-state index is 2.41. The Morgan fingerprint density at radius 2 is 1.40 bits per heavy atom. The van der Waals surface area contributed by atoms with E-state index in [-0.39, 0.29) is 0 Å². The molecular weight excluding hydrogens is 138 g/mol. The molecule has 0 aromatic carbocycles. The third kappa shape index (κ3) is 1.99. The molecule has 10 heavy (non-hydrogen) atoms. The van der Waals surface area contributed by atoms with Crippen LogP contribution in [0.3, 0.4) is 0 Å². The van der Waals surface area contributed by atoms with Gasteiger partial charge in [-0.3, -0.25) is 0 Å². The average molecular weight is 160 g/mol. The van der Waals surface area contributed by atoms with Gasteiger partial charge in [0, 0.05) is 0 Å². The quantitative estimate of drug-likeness (QED) is 0.434. The summed E-state index contributed by atoms with van der Waals surface area (Å²) in [5, 5.41) is 0. The number of hydrogen-bond acceptors (Lipinski definition) is 0. The van der Waals surface area contributed by atoms with E-state index in [2.05, 4.69) is 35.5 Å². The molecule has 0 radical (unpaired) electrons. The standard InChI is InChI=1S/C8H22BP/c1-5-10(6-2,7-3)8(4)9/h8,10H,5-7,9H2,1-4H3. The van der Waals surface area contributed by atoms with Crippen molar-refractivity contribution in [3.05, 3.63) is 0 Å². The molecule has 0 aromatic heterocycles. The Morgan fingerprint density at radius 3 is 1.40 bits per heavy atom. The van der Waals surface area contributed by atoms with Crippen molar-refractivity contribution in [2.45, 2.75) is 33.3 Å². The molecule has 1 atom stereocenters. The predicted octanol–water partition coefficient (Wildman–Crippen LogP) is 1.78. The topological polar surface area (TPSA) is 0 Å². The summed E-state index contributed by atoms with van der Waals surface area (Å²) in [5.74, 6) is 0. The predicted molar refractivity (Wildman–Crippen MR) is 57.9 cm³/mol. The first-order valence-electron chi connectivity index (χ1n) is 4.63. The first-order chi connectivity index (χ1) is 4.63. The van der Waals surface area contributed by atoms with Gasteiger partial charge in [0.1, 0.15) is 0 Å². The molecule has 0 spiro atoms. The summed E-state index contributed by atoms with van der Waals surface area (Å²) in [4.78, 5) is 0. The molecule has 0 aromatic rings. The minimum absolute atomic E-state index is 0.795. The molecule has 62 valence electrons. The first kappa shape index (κ1) is 10.5. The molecule has 0 rings (SSSR count). The summed E-state index contributed by atoms with van der Waals surface area (Å²) in [7, 11) is 1.61. The van der Waals surface area contributed by atoms with Crippen LogP contribution in [0.4, 0.5) is 0 Å². The van der Waals surface area contributed by atoms with Crippen LogP contribution in [0.2, 0.25) is 0 Å². The maximum atomic E-state index is 2.41. The van der Waals surface area contributed by atoms with Crippen LogP contribution in [-0.2, 0) is 0 Å².